The summed E-state index contributed by atoms with van der Waals surface area (Å²) in [7, 11) is 0. The molecule has 1 aliphatic rings. The zero-order valence-electron chi connectivity index (χ0n) is 13.6. The van der Waals surface area contributed by atoms with Gasteiger partial charge in [-0.05, 0) is 42.9 Å². The highest BCUT2D eigenvalue weighted by Crippen LogP contribution is 2.35. The van der Waals surface area contributed by atoms with Crippen LogP contribution in [0.25, 0.3) is 0 Å². The van der Waals surface area contributed by atoms with Crippen LogP contribution in [-0.2, 0) is 16.0 Å². The van der Waals surface area contributed by atoms with Crippen molar-refractivity contribution in [3.05, 3.63) is 29.8 Å². The van der Waals surface area contributed by atoms with E-state index in [1.807, 2.05) is 0 Å². The van der Waals surface area contributed by atoms with E-state index in [0.29, 0.717) is 18.6 Å². The lowest BCUT2D eigenvalue weighted by atomic mass is 9.72. The predicted molar refractivity (Wildman–Crippen MR) is 87.2 cm³/mol. The van der Waals surface area contributed by atoms with Crippen molar-refractivity contribution >= 4 is 11.9 Å². The highest BCUT2D eigenvalue weighted by atomic mass is 16.5. The van der Waals surface area contributed by atoms with Crippen LogP contribution < -0.4 is 10.5 Å². The number of carbonyl (C=O) groups is 2. The molecule has 1 saturated carbocycles. The Bertz CT molecular complexity index is 555. The van der Waals surface area contributed by atoms with Crippen molar-refractivity contribution in [2.24, 2.45) is 11.7 Å². The molecule has 0 bridgehead atoms. The second kappa shape index (κ2) is 7.59. The van der Waals surface area contributed by atoms with Crippen LogP contribution in [0.15, 0.2) is 24.3 Å². The number of carboxylic acid groups (broad SMARTS) is 1. The van der Waals surface area contributed by atoms with Gasteiger partial charge in [0.05, 0.1) is 0 Å². The lowest BCUT2D eigenvalue weighted by Gasteiger charge is -2.38. The Kier molecular flexibility index (Phi) is 5.77. The van der Waals surface area contributed by atoms with Gasteiger partial charge >= 0.3 is 11.9 Å². The van der Waals surface area contributed by atoms with E-state index in [-0.39, 0.29) is 18.3 Å². The number of hydrogen-bond acceptors (Lipinski definition) is 4. The third-order valence-electron chi connectivity index (χ3n) is 4.76. The molecule has 0 amide bonds. The van der Waals surface area contributed by atoms with Crippen molar-refractivity contribution < 1.29 is 19.4 Å². The third-order valence-corrected chi connectivity index (χ3v) is 4.76. The molecule has 2 rings (SSSR count). The zero-order valence-corrected chi connectivity index (χ0v) is 13.6. The Morgan fingerprint density at radius 1 is 1.30 bits per heavy atom. The van der Waals surface area contributed by atoms with E-state index in [1.165, 1.54) is 0 Å². The molecule has 1 aromatic rings. The minimum Gasteiger partial charge on any atom is -0.481 e. The number of hydrogen-bond donors (Lipinski definition) is 2. The van der Waals surface area contributed by atoms with E-state index in [9.17, 15) is 9.59 Å². The molecule has 0 aromatic heterocycles. The lowest BCUT2D eigenvalue weighted by molar-refractivity contribution is -0.144. The molecule has 5 heteroatoms. The van der Waals surface area contributed by atoms with Crippen molar-refractivity contribution in [3.63, 3.8) is 0 Å². The first-order valence-corrected chi connectivity index (χ1v) is 8.27. The van der Waals surface area contributed by atoms with Gasteiger partial charge in [-0.1, -0.05) is 38.3 Å². The van der Waals surface area contributed by atoms with Crippen molar-refractivity contribution in [2.45, 2.75) is 57.4 Å². The summed E-state index contributed by atoms with van der Waals surface area (Å²) in [6.07, 6.45) is 5.13. The van der Waals surface area contributed by atoms with Gasteiger partial charge in [-0.2, -0.15) is 0 Å². The molecular weight excluding hydrogens is 294 g/mol. The maximum Gasteiger partial charge on any atom is 0.331 e. The summed E-state index contributed by atoms with van der Waals surface area (Å²) in [5.74, 6) is -0.561. The molecule has 1 aliphatic carbocycles. The number of ether oxygens (including phenoxy) is 1. The Labute approximate surface area is 136 Å². The lowest BCUT2D eigenvalue weighted by Crippen LogP contribution is -2.57. The van der Waals surface area contributed by atoms with Crippen molar-refractivity contribution in [1.82, 2.24) is 0 Å². The minimum absolute atomic E-state index is 0.0865. The topological polar surface area (TPSA) is 89.6 Å². The first-order valence-electron chi connectivity index (χ1n) is 8.27. The van der Waals surface area contributed by atoms with Crippen LogP contribution in [0.2, 0.25) is 0 Å². The highest BCUT2D eigenvalue weighted by molar-refractivity contribution is 5.83. The molecule has 0 aliphatic heterocycles. The molecule has 0 heterocycles. The first-order chi connectivity index (χ1) is 11.0. The van der Waals surface area contributed by atoms with Crippen molar-refractivity contribution in [2.75, 3.05) is 0 Å². The summed E-state index contributed by atoms with van der Waals surface area (Å²) < 4.78 is 5.49. The molecule has 5 nitrogen and oxygen atoms in total. The molecule has 1 fully saturated rings. The van der Waals surface area contributed by atoms with Crippen LogP contribution in [0.3, 0.4) is 0 Å². The van der Waals surface area contributed by atoms with Gasteiger partial charge in [0.15, 0.2) is 0 Å². The molecular formula is C18H25NO4. The number of carbonyl (C=O) groups excluding carboxylic acids is 1. The van der Waals surface area contributed by atoms with Crippen LogP contribution in [0.4, 0.5) is 0 Å². The average molecular weight is 319 g/mol. The van der Waals surface area contributed by atoms with Crippen molar-refractivity contribution in [3.8, 4) is 5.75 Å². The number of rotatable bonds is 6. The summed E-state index contributed by atoms with van der Waals surface area (Å²) >= 11 is 0. The summed E-state index contributed by atoms with van der Waals surface area (Å²) in [6.45, 7) is 2.06. The van der Waals surface area contributed by atoms with Crippen LogP contribution in [0.5, 0.6) is 5.75 Å². The number of benzene rings is 1. The molecule has 23 heavy (non-hydrogen) atoms. The maximum absolute atomic E-state index is 12.5. The maximum atomic E-state index is 12.5. The summed E-state index contributed by atoms with van der Waals surface area (Å²) in [5.41, 5.74) is 6.38. The highest BCUT2D eigenvalue weighted by Gasteiger charge is 2.44. The minimum atomic E-state index is -0.894. The summed E-state index contributed by atoms with van der Waals surface area (Å²) in [5, 5.41) is 8.69. The molecule has 0 spiro atoms. The van der Waals surface area contributed by atoms with Gasteiger partial charge in [0.1, 0.15) is 11.3 Å². The Balaban J connectivity index is 2.00. The van der Waals surface area contributed by atoms with Gasteiger partial charge in [0.25, 0.3) is 0 Å². The standard InChI is InChI=1S/C18H25NO4/c1-2-14-5-3-4-12-18(14,19)17(22)23-15-9-6-13(7-10-15)8-11-16(20)21/h6-7,9-10,14H,2-5,8,11-12,19H2,1H3,(H,20,21)/t14-,18-/m0/s1. The fourth-order valence-corrected chi connectivity index (χ4v) is 3.28. The Morgan fingerprint density at radius 2 is 2.00 bits per heavy atom. The number of aliphatic carboxylic acids is 1. The monoisotopic (exact) mass is 319 g/mol. The van der Waals surface area contributed by atoms with Crippen LogP contribution in [-0.4, -0.2) is 22.6 Å². The van der Waals surface area contributed by atoms with Gasteiger partial charge in [0.2, 0.25) is 0 Å². The van der Waals surface area contributed by atoms with E-state index < -0.39 is 11.5 Å². The summed E-state index contributed by atoms with van der Waals surface area (Å²) in [4.78, 5) is 23.1. The predicted octanol–water partition coefficient (Wildman–Crippen LogP) is 2.91. The molecule has 3 N–H and O–H groups in total. The smallest absolute Gasteiger partial charge is 0.331 e. The average Bonchev–Trinajstić information content (AvgIpc) is 2.54. The quantitative estimate of drug-likeness (QED) is 0.621. The zero-order chi connectivity index (χ0) is 16.9. The molecule has 0 unspecified atom stereocenters. The number of aryl methyl sites for hydroxylation is 1. The Morgan fingerprint density at radius 3 is 2.61 bits per heavy atom. The van der Waals surface area contributed by atoms with Crippen molar-refractivity contribution in [1.29, 1.82) is 0 Å². The van der Waals surface area contributed by atoms with Gasteiger partial charge in [-0.25, -0.2) is 4.79 Å². The van der Waals surface area contributed by atoms with Gasteiger partial charge < -0.3 is 15.6 Å². The number of esters is 1. The van der Waals surface area contributed by atoms with Gasteiger partial charge in [-0.15, -0.1) is 0 Å². The van der Waals surface area contributed by atoms with Crippen LogP contribution in [0.1, 0.15) is 51.0 Å². The summed E-state index contributed by atoms with van der Waals surface area (Å²) in [6, 6.07) is 6.96. The number of nitrogens with two attached hydrogens (primary N) is 1. The van der Waals surface area contributed by atoms with Crippen LogP contribution >= 0.6 is 0 Å². The number of carboxylic acids is 1. The van der Waals surface area contributed by atoms with Gasteiger partial charge in [0, 0.05) is 6.42 Å². The normalized spacial score (nSPS) is 24.2. The second-order valence-electron chi connectivity index (χ2n) is 6.32. The van der Waals surface area contributed by atoms with E-state index in [4.69, 9.17) is 15.6 Å². The SMILES string of the molecule is CC[C@H]1CCCC[C@@]1(N)C(=O)Oc1ccc(CCC(=O)O)cc1. The molecule has 0 radical (unpaired) electrons. The fourth-order valence-electron chi connectivity index (χ4n) is 3.28. The largest absolute Gasteiger partial charge is 0.481 e. The molecule has 126 valence electrons. The van der Waals surface area contributed by atoms with E-state index >= 15 is 0 Å². The third kappa shape index (κ3) is 4.32. The Hall–Kier alpha value is -1.88. The van der Waals surface area contributed by atoms with E-state index in [2.05, 4.69) is 6.92 Å². The molecule has 1 aromatic carbocycles. The van der Waals surface area contributed by atoms with Gasteiger partial charge in [-0.3, -0.25) is 4.79 Å². The van der Waals surface area contributed by atoms with E-state index in [0.717, 1.165) is 31.2 Å². The fraction of sp³-hybridized carbons (Fsp3) is 0.556. The van der Waals surface area contributed by atoms with Crippen LogP contribution in [0, 0.1) is 5.92 Å². The molecule has 0 saturated heterocycles. The first kappa shape index (κ1) is 17.5. The second-order valence-corrected chi connectivity index (χ2v) is 6.32. The van der Waals surface area contributed by atoms with E-state index in [1.54, 1.807) is 24.3 Å². The molecule has 2 atom stereocenters.